The Morgan fingerprint density at radius 3 is 1.59 bits per heavy atom. The summed E-state index contributed by atoms with van der Waals surface area (Å²) in [5.41, 5.74) is 19.7. The van der Waals surface area contributed by atoms with Crippen LogP contribution in [0, 0.1) is 0 Å². The number of aromatic nitrogens is 2. The summed E-state index contributed by atoms with van der Waals surface area (Å²) in [5.74, 6) is 0.704. The molecule has 10 aromatic carbocycles. The first kappa shape index (κ1) is 38.3. The van der Waals surface area contributed by atoms with Crippen molar-refractivity contribution in [1.29, 1.82) is 0 Å². The monoisotopic (exact) mass is 840 g/mol. The van der Waals surface area contributed by atoms with E-state index in [1.165, 1.54) is 82.9 Å². The van der Waals surface area contributed by atoms with Crippen molar-refractivity contribution in [3.05, 3.63) is 264 Å². The van der Waals surface area contributed by atoms with E-state index in [0.29, 0.717) is 5.82 Å². The van der Waals surface area contributed by atoms with E-state index in [1.54, 1.807) is 0 Å². The lowest BCUT2D eigenvalue weighted by Crippen LogP contribution is -2.28. The van der Waals surface area contributed by atoms with E-state index in [4.69, 9.17) is 9.97 Å². The summed E-state index contributed by atoms with van der Waals surface area (Å²) in [6, 6.07) is 84.3. The molecule has 0 unspecified atom stereocenters. The van der Waals surface area contributed by atoms with Crippen molar-refractivity contribution in [2.45, 2.75) is 24.7 Å². The van der Waals surface area contributed by atoms with Gasteiger partial charge in [0.05, 0.1) is 16.8 Å². The molecule has 2 heteroatoms. The zero-order valence-corrected chi connectivity index (χ0v) is 36.8. The summed E-state index contributed by atoms with van der Waals surface area (Å²) in [6.07, 6.45) is 0. The molecule has 1 heterocycles. The molecule has 0 aliphatic heterocycles. The molecule has 0 amide bonds. The van der Waals surface area contributed by atoms with E-state index in [0.717, 1.165) is 33.5 Å². The summed E-state index contributed by atoms with van der Waals surface area (Å²) in [5, 5.41) is 4.92. The molecule has 2 aliphatic carbocycles. The Labute approximate surface area is 385 Å². The molecule has 66 heavy (non-hydrogen) atoms. The summed E-state index contributed by atoms with van der Waals surface area (Å²) in [6.45, 7) is 4.76. The van der Waals surface area contributed by atoms with Gasteiger partial charge in [0.1, 0.15) is 0 Å². The van der Waals surface area contributed by atoms with Crippen LogP contribution >= 0.6 is 0 Å². The fourth-order valence-electron chi connectivity index (χ4n) is 11.6. The molecule has 0 bridgehead atoms. The van der Waals surface area contributed by atoms with E-state index >= 15 is 0 Å². The fourth-order valence-corrected chi connectivity index (χ4v) is 11.6. The molecule has 2 aliphatic rings. The van der Waals surface area contributed by atoms with Gasteiger partial charge in [0.25, 0.3) is 0 Å². The molecule has 0 atom stereocenters. The molecular formula is C64H44N2. The van der Waals surface area contributed by atoms with Gasteiger partial charge in [0, 0.05) is 22.1 Å². The Bertz CT molecular complexity index is 3680. The van der Waals surface area contributed by atoms with Gasteiger partial charge in [-0.15, -0.1) is 0 Å². The predicted octanol–water partition coefficient (Wildman–Crippen LogP) is 16.1. The minimum absolute atomic E-state index is 0.149. The van der Waals surface area contributed by atoms with Crippen molar-refractivity contribution in [2.75, 3.05) is 0 Å². The van der Waals surface area contributed by atoms with Crippen LogP contribution in [-0.4, -0.2) is 9.97 Å². The Morgan fingerprint density at radius 1 is 0.318 bits per heavy atom. The third kappa shape index (κ3) is 5.61. The largest absolute Gasteiger partial charge is 0.228 e. The summed E-state index contributed by atoms with van der Waals surface area (Å²) in [4.78, 5) is 10.9. The highest BCUT2D eigenvalue weighted by atomic mass is 14.9. The van der Waals surface area contributed by atoms with Crippen molar-refractivity contribution >= 4 is 21.5 Å². The zero-order valence-electron chi connectivity index (χ0n) is 36.8. The quantitative estimate of drug-likeness (QED) is 0.167. The fraction of sp³-hybridized carbons (Fsp3) is 0.0625. The molecule has 0 saturated heterocycles. The van der Waals surface area contributed by atoms with Gasteiger partial charge in [-0.05, 0) is 113 Å². The van der Waals surface area contributed by atoms with E-state index in [9.17, 15) is 0 Å². The second-order valence-corrected chi connectivity index (χ2v) is 18.4. The van der Waals surface area contributed by atoms with Crippen molar-refractivity contribution in [3.63, 3.8) is 0 Å². The number of fused-ring (bicyclic) bond motifs is 9. The molecule has 310 valence electrons. The first-order valence-electron chi connectivity index (χ1n) is 23.0. The standard InChI is InChI=1S/C64H44N2/c1-63(2)58-39-43(31-33-52(58)53-34-30-41-18-12-13-25-48(41)61(53)63)47-35-36-54(50-27-15-14-26-49(47)50)62-65-59(42-19-6-3-7-20-42)40-60(66-62)44-32-37-57-55(38-44)51-28-16-17-29-56(51)64(57,45-21-8-4-9-22-45)46-23-10-5-11-24-46/h3-40H,1-2H3. The first-order valence-corrected chi connectivity index (χ1v) is 23.0. The second kappa shape index (κ2) is 14.7. The molecule has 0 fully saturated rings. The van der Waals surface area contributed by atoms with E-state index in [-0.39, 0.29) is 5.41 Å². The molecule has 0 saturated carbocycles. The van der Waals surface area contributed by atoms with Gasteiger partial charge >= 0.3 is 0 Å². The Balaban J connectivity index is 0.968. The molecule has 0 N–H and O–H groups in total. The van der Waals surface area contributed by atoms with Crippen molar-refractivity contribution in [2.24, 2.45) is 0 Å². The third-order valence-corrected chi connectivity index (χ3v) is 14.6. The van der Waals surface area contributed by atoms with Gasteiger partial charge in [-0.1, -0.05) is 220 Å². The van der Waals surface area contributed by atoms with Crippen LogP contribution in [0.1, 0.15) is 47.2 Å². The van der Waals surface area contributed by atoms with Crippen LogP contribution in [0.15, 0.2) is 231 Å². The lowest BCUT2D eigenvalue weighted by molar-refractivity contribution is 0.666. The van der Waals surface area contributed by atoms with Crippen molar-refractivity contribution < 1.29 is 0 Å². The lowest BCUT2D eigenvalue weighted by atomic mass is 9.67. The maximum Gasteiger partial charge on any atom is 0.161 e. The van der Waals surface area contributed by atoms with E-state index < -0.39 is 5.41 Å². The van der Waals surface area contributed by atoms with Gasteiger partial charge in [-0.25, -0.2) is 9.97 Å². The van der Waals surface area contributed by atoms with Gasteiger partial charge in [-0.2, -0.15) is 0 Å². The highest BCUT2D eigenvalue weighted by molar-refractivity contribution is 6.05. The molecule has 2 nitrogen and oxygen atoms in total. The van der Waals surface area contributed by atoms with Crippen LogP contribution in [0.25, 0.3) is 88.8 Å². The molecule has 0 spiro atoms. The average Bonchev–Trinajstić information content (AvgIpc) is 3.81. The van der Waals surface area contributed by atoms with Crippen LogP contribution in [0.4, 0.5) is 0 Å². The normalized spacial score (nSPS) is 13.8. The van der Waals surface area contributed by atoms with E-state index in [1.807, 2.05) is 0 Å². The van der Waals surface area contributed by atoms with Gasteiger partial charge in [-0.3, -0.25) is 0 Å². The van der Waals surface area contributed by atoms with Crippen LogP contribution in [0.2, 0.25) is 0 Å². The predicted molar refractivity (Wildman–Crippen MR) is 274 cm³/mol. The Morgan fingerprint density at radius 2 is 0.848 bits per heavy atom. The van der Waals surface area contributed by atoms with Gasteiger partial charge in [0.15, 0.2) is 5.82 Å². The van der Waals surface area contributed by atoms with Gasteiger partial charge < -0.3 is 0 Å². The lowest BCUT2D eigenvalue weighted by Gasteiger charge is -2.33. The zero-order chi connectivity index (χ0) is 44.0. The highest BCUT2D eigenvalue weighted by Gasteiger charge is 2.46. The number of rotatable bonds is 6. The number of benzene rings is 10. The highest BCUT2D eigenvalue weighted by Crippen LogP contribution is 2.57. The van der Waals surface area contributed by atoms with Crippen LogP contribution in [-0.2, 0) is 10.8 Å². The average molecular weight is 841 g/mol. The van der Waals surface area contributed by atoms with Crippen LogP contribution < -0.4 is 0 Å². The molecular weight excluding hydrogens is 797 g/mol. The van der Waals surface area contributed by atoms with Gasteiger partial charge in [0.2, 0.25) is 0 Å². The van der Waals surface area contributed by atoms with Crippen LogP contribution in [0.5, 0.6) is 0 Å². The topological polar surface area (TPSA) is 25.8 Å². The van der Waals surface area contributed by atoms with Crippen molar-refractivity contribution in [3.8, 4) is 67.3 Å². The SMILES string of the molecule is CC1(C)c2cc(-c3ccc(-c4nc(-c5ccccc5)cc(-c5ccc6c(c5)-c5ccccc5C6(c5ccccc5)c5ccccc5)n4)c4ccccc34)ccc2-c2ccc3ccccc3c21. The first-order chi connectivity index (χ1) is 32.5. The Kier molecular flexibility index (Phi) is 8.51. The summed E-state index contributed by atoms with van der Waals surface area (Å²) in [7, 11) is 0. The Hall–Kier alpha value is -8.20. The number of nitrogens with zero attached hydrogens (tertiary/aromatic N) is 2. The van der Waals surface area contributed by atoms with Crippen molar-refractivity contribution in [1.82, 2.24) is 9.97 Å². The minimum atomic E-state index is -0.466. The maximum absolute atomic E-state index is 5.49. The molecule has 11 aromatic rings. The maximum atomic E-state index is 5.49. The summed E-state index contributed by atoms with van der Waals surface area (Å²) < 4.78 is 0. The third-order valence-electron chi connectivity index (χ3n) is 14.6. The minimum Gasteiger partial charge on any atom is -0.228 e. The number of hydrogen-bond acceptors (Lipinski definition) is 2. The molecule has 1 aromatic heterocycles. The molecule has 0 radical (unpaired) electrons. The second-order valence-electron chi connectivity index (χ2n) is 18.4. The summed E-state index contributed by atoms with van der Waals surface area (Å²) >= 11 is 0. The molecule has 13 rings (SSSR count). The smallest absolute Gasteiger partial charge is 0.161 e. The number of hydrogen-bond donors (Lipinski definition) is 0. The van der Waals surface area contributed by atoms with Crippen LogP contribution in [0.3, 0.4) is 0 Å². The van der Waals surface area contributed by atoms with E-state index in [2.05, 4.69) is 244 Å².